The molecule has 4 N–H and O–H groups in total. The Morgan fingerprint density at radius 3 is 1.18 bits per heavy atom. The van der Waals surface area contributed by atoms with Crippen LogP contribution in [-0.4, -0.2) is 197 Å². The van der Waals surface area contributed by atoms with Gasteiger partial charge in [-0.05, 0) is 109 Å². The first-order valence-corrected chi connectivity index (χ1v) is 41.2. The molecule has 0 radical (unpaired) electrons. The van der Waals surface area contributed by atoms with E-state index in [1.54, 1.807) is 41.5 Å². The van der Waals surface area contributed by atoms with Crippen molar-refractivity contribution in [3.63, 3.8) is 0 Å². The molecule has 4 atom stereocenters. The number of likely N-dealkylation sites (tertiary alicyclic amines) is 2. The summed E-state index contributed by atoms with van der Waals surface area (Å²) < 4.78 is 98.3. The highest BCUT2D eigenvalue weighted by molar-refractivity contribution is 7.87. The van der Waals surface area contributed by atoms with E-state index in [2.05, 4.69) is 95.4 Å². The van der Waals surface area contributed by atoms with Gasteiger partial charge in [0, 0.05) is 25.4 Å². The number of carbonyl (C=O) groups is 6. The maximum Gasteiger partial charge on any atom is 0.328 e. The van der Waals surface area contributed by atoms with Gasteiger partial charge in [-0.1, -0.05) is 191 Å². The van der Waals surface area contributed by atoms with Gasteiger partial charge in [0.25, 0.3) is 36.9 Å². The van der Waals surface area contributed by atoms with Crippen molar-refractivity contribution >= 4 is 93.2 Å². The summed E-state index contributed by atoms with van der Waals surface area (Å²) in [5, 5.41) is 15.6. The Morgan fingerprint density at radius 1 is 0.515 bits per heavy atom. The minimum atomic E-state index is -4.00. The van der Waals surface area contributed by atoms with Crippen molar-refractivity contribution in [2.45, 2.75) is 182 Å². The molecular weight excluding hydrogens is 1370 g/mol. The van der Waals surface area contributed by atoms with Crippen LogP contribution < -0.4 is 31.8 Å². The van der Waals surface area contributed by atoms with Crippen molar-refractivity contribution in [3.05, 3.63) is 133 Å². The number of nitrogens with zero attached hydrogens (tertiary/aromatic N) is 2. The van der Waals surface area contributed by atoms with E-state index in [0.29, 0.717) is 38.6 Å². The molecule has 560 valence electrons. The third-order valence-corrected chi connectivity index (χ3v) is 29.5. The Labute approximate surface area is 601 Å². The molecule has 3 amide bonds. The summed E-state index contributed by atoms with van der Waals surface area (Å²) in [4.78, 5) is 76.1. The van der Waals surface area contributed by atoms with Gasteiger partial charge in [-0.2, -0.15) is 16.8 Å². The number of aliphatic carboxylic acids is 1. The number of benzene rings is 4. The van der Waals surface area contributed by atoms with Gasteiger partial charge in [-0.3, -0.25) is 32.3 Å². The highest BCUT2D eigenvalue weighted by Gasteiger charge is 2.52. The molecule has 23 nitrogen and oxygen atoms in total. The fraction of sp³-hybridized carbons (Fsp3) is 0.568. The number of nitrogens with one attached hydrogen (secondary N) is 1. The van der Waals surface area contributed by atoms with Crippen molar-refractivity contribution in [2.75, 3.05) is 77.5 Å². The number of esters is 2. The molecule has 2 fully saturated rings. The molecule has 0 unspecified atom stereocenters. The minimum absolute atomic E-state index is 0.00487. The highest BCUT2D eigenvalue weighted by Crippen LogP contribution is 2.39. The van der Waals surface area contributed by atoms with Crippen LogP contribution in [0.4, 0.5) is 0 Å². The van der Waals surface area contributed by atoms with Gasteiger partial charge in [0.1, 0.15) is 30.3 Å². The fourth-order valence-corrected chi connectivity index (χ4v) is 23.0. The van der Waals surface area contributed by atoms with E-state index in [4.69, 9.17) is 47.0 Å². The van der Waals surface area contributed by atoms with Gasteiger partial charge in [-0.15, -0.1) is 0 Å². The SMILES string of the molecule is CC(C)(CCO[Si](c1ccccc1)(c1ccccc1)C(C)(C)C)COS(=O)(=O)CCOC[C@@H]1C[C@H](N)C(=O)N1CC(=O)OC(C)(C)C.CC(C)(CCO[Si](c1ccccc1)(c1ccccc1)C(C)(C)C)COS(=O)(=O)CCOC[C@@H]1C[C@H](NC(=O)/C=C\C(=O)O)C(=O)N1CC(=O)OC(C)(C)C. The first-order valence-electron chi connectivity index (χ1n) is 34.2. The van der Waals surface area contributed by atoms with Crippen LogP contribution in [0.15, 0.2) is 133 Å². The van der Waals surface area contributed by atoms with Crippen molar-refractivity contribution in [2.24, 2.45) is 16.6 Å². The van der Waals surface area contributed by atoms with Crippen molar-refractivity contribution in [1.29, 1.82) is 0 Å². The molecule has 0 aliphatic carbocycles. The summed E-state index contributed by atoms with van der Waals surface area (Å²) in [5.41, 5.74) is 3.40. The van der Waals surface area contributed by atoms with Gasteiger partial charge < -0.3 is 53.8 Å². The standard InChI is InChI=1S/C39H56N2O11SSi.C35H54N2O8SSi/c1-37(2,3)52-35(45)26-41-29(25-32(36(41)46)40-33(42)19-20-34(43)44)27-49-23-24-53(47,48)50-28-39(7,8)21-22-51-54(38(4,5)6,30-15-11-9-12-16-30)31-17-13-10-14-18-31;1-33(2,3)45-31(38)24-37-27(23-30(36)32(37)39)25-42-21-22-46(40,41)43-26-35(7,8)19-20-44-47(34(4,5)6,28-15-11-9-12-16-28)29-17-13-10-14-18-29/h9-20,29,32H,21-28H2,1-8H3,(H,40,42)(H,43,44);9-18,27,30H,19-26,36H2,1-8H3/b20-19-;/t29-,32-;27-,30-/m00/s1. The van der Waals surface area contributed by atoms with E-state index in [9.17, 15) is 45.6 Å². The second-order valence-electron chi connectivity index (χ2n) is 31.3. The number of carbonyl (C=O) groups excluding carboxylic acids is 5. The molecule has 6 rings (SSSR count). The lowest BCUT2D eigenvalue weighted by molar-refractivity contribution is -0.159. The smallest absolute Gasteiger partial charge is 0.328 e. The van der Waals surface area contributed by atoms with E-state index in [0.717, 1.165) is 16.4 Å². The predicted molar refractivity (Wildman–Crippen MR) is 394 cm³/mol. The number of amides is 3. The average Bonchev–Trinajstić information content (AvgIpc) is 1.58. The highest BCUT2D eigenvalue weighted by atomic mass is 32.2. The summed E-state index contributed by atoms with van der Waals surface area (Å²) in [6, 6.07) is 38.4. The Morgan fingerprint density at radius 2 is 0.851 bits per heavy atom. The largest absolute Gasteiger partial charge is 0.478 e. The first-order chi connectivity index (χ1) is 46.8. The van der Waals surface area contributed by atoms with E-state index in [-0.39, 0.29) is 74.3 Å². The molecular formula is C74H110N4O19S2Si2. The minimum Gasteiger partial charge on any atom is -0.478 e. The van der Waals surface area contributed by atoms with Crippen LogP contribution in [-0.2, 0) is 85.2 Å². The number of ether oxygens (including phenoxy) is 4. The summed E-state index contributed by atoms with van der Waals surface area (Å²) in [5.74, 6) is -5.08. The van der Waals surface area contributed by atoms with Gasteiger partial charge in [0.2, 0.25) is 17.7 Å². The van der Waals surface area contributed by atoms with E-state index >= 15 is 0 Å². The molecule has 4 aromatic rings. The van der Waals surface area contributed by atoms with Crippen LogP contribution in [0.2, 0.25) is 10.1 Å². The fourth-order valence-electron chi connectivity index (χ4n) is 12.0. The van der Waals surface area contributed by atoms with Crippen molar-refractivity contribution in [1.82, 2.24) is 15.1 Å². The average molecular weight is 1480 g/mol. The number of nitrogens with two attached hydrogens (primary N) is 1. The lowest BCUT2D eigenvalue weighted by atomic mass is 9.91. The third-order valence-electron chi connectivity index (χ3n) is 17.1. The Bertz CT molecular complexity index is 3540. The summed E-state index contributed by atoms with van der Waals surface area (Å²) in [6.07, 6.45) is 2.90. The number of carboxylic acid groups (broad SMARTS) is 1. The second-order valence-corrected chi connectivity index (χ2v) is 43.4. The molecule has 101 heavy (non-hydrogen) atoms. The zero-order chi connectivity index (χ0) is 75.5. The maximum absolute atomic E-state index is 13.2. The number of rotatable bonds is 35. The second kappa shape index (κ2) is 36.3. The number of hydrogen-bond acceptors (Lipinski definition) is 19. The molecule has 0 aromatic heterocycles. The van der Waals surface area contributed by atoms with Crippen LogP contribution >= 0.6 is 0 Å². The van der Waals surface area contributed by atoms with Crippen molar-refractivity contribution in [3.8, 4) is 0 Å². The first kappa shape index (κ1) is 85.1. The normalized spacial score (nSPS) is 17.6. The van der Waals surface area contributed by atoms with Crippen LogP contribution in [0.3, 0.4) is 0 Å². The third kappa shape index (κ3) is 26.3. The summed E-state index contributed by atoms with van der Waals surface area (Å²) in [6.45, 7) is 31.0. The van der Waals surface area contributed by atoms with Gasteiger partial charge in [0.05, 0.1) is 69.3 Å². The molecule has 2 heterocycles. The van der Waals surface area contributed by atoms with Crippen LogP contribution in [0.1, 0.15) is 136 Å². The number of carboxylic acids is 1. The number of hydrogen-bond donors (Lipinski definition) is 3. The van der Waals surface area contributed by atoms with E-state index < -0.39 is 125 Å². The molecule has 2 aliphatic heterocycles. The van der Waals surface area contributed by atoms with Gasteiger partial charge in [0.15, 0.2) is 0 Å². The lowest BCUT2D eigenvalue weighted by Crippen LogP contribution is -2.66. The molecule has 27 heteroatoms. The van der Waals surface area contributed by atoms with Gasteiger partial charge in [-0.25, -0.2) is 4.79 Å². The van der Waals surface area contributed by atoms with E-state index in [1.165, 1.54) is 20.2 Å². The zero-order valence-electron chi connectivity index (χ0n) is 61.9. The van der Waals surface area contributed by atoms with Gasteiger partial charge >= 0.3 is 17.9 Å². The monoisotopic (exact) mass is 1480 g/mol. The predicted octanol–water partition coefficient (Wildman–Crippen LogP) is 7.02. The maximum atomic E-state index is 13.2. The van der Waals surface area contributed by atoms with E-state index in [1.807, 2.05) is 100 Å². The topological polar surface area (TPSA) is 309 Å². The van der Waals surface area contributed by atoms with Crippen molar-refractivity contribution < 1.29 is 86.9 Å². The molecule has 0 saturated carbocycles. The van der Waals surface area contributed by atoms with Crippen LogP contribution in [0, 0.1) is 10.8 Å². The molecule has 2 saturated heterocycles. The quantitative estimate of drug-likeness (QED) is 0.0137. The van der Waals surface area contributed by atoms with Crippen LogP contribution in [0.25, 0.3) is 0 Å². The molecule has 2 aliphatic rings. The summed E-state index contributed by atoms with van der Waals surface area (Å²) in [7, 11) is -13.4. The Balaban J connectivity index is 0.000000367. The lowest BCUT2D eigenvalue weighted by Gasteiger charge is -2.43. The zero-order valence-corrected chi connectivity index (χ0v) is 65.5. The molecule has 0 spiro atoms. The summed E-state index contributed by atoms with van der Waals surface area (Å²) >= 11 is 0. The molecule has 0 bridgehead atoms. The Kier molecular flexibility index (Phi) is 30.6. The molecule has 4 aromatic carbocycles. The van der Waals surface area contributed by atoms with Crippen LogP contribution in [0.5, 0.6) is 0 Å². The Hall–Kier alpha value is -6.51.